The third kappa shape index (κ3) is 5.31. The van der Waals surface area contributed by atoms with Crippen LogP contribution in [0, 0.1) is 0 Å². The number of nitrogens with one attached hydrogen (secondary N) is 1. The quantitative estimate of drug-likeness (QED) is 0.725. The fourth-order valence-corrected chi connectivity index (χ4v) is 3.51. The molecule has 1 aliphatic rings. The Kier molecular flexibility index (Phi) is 6.19. The molecule has 1 saturated heterocycles. The normalized spacial score (nSPS) is 15.4. The minimum atomic E-state index is -4.55. The Hall–Kier alpha value is -2.51. The number of methoxy groups -OCH3 is 1. The Balaban J connectivity index is 1.75. The smallest absolute Gasteiger partial charge is 0.416 e. The number of hydrogen-bond donors (Lipinski definition) is 1. The van der Waals surface area contributed by atoms with Crippen molar-refractivity contribution in [2.75, 3.05) is 38.3 Å². The Bertz CT molecular complexity index is 948. The van der Waals surface area contributed by atoms with E-state index in [0.29, 0.717) is 44.4 Å². The molecule has 0 atom stereocenters. The molecule has 158 valence electrons. The first kappa shape index (κ1) is 21.2. The van der Waals surface area contributed by atoms with Crippen LogP contribution in [0.25, 0.3) is 0 Å². The first-order valence-electron chi connectivity index (χ1n) is 8.47. The van der Waals surface area contributed by atoms with E-state index in [1.54, 1.807) is 0 Å². The van der Waals surface area contributed by atoms with Crippen molar-refractivity contribution >= 4 is 16.0 Å². The van der Waals surface area contributed by atoms with E-state index in [1.165, 1.54) is 7.11 Å². The number of rotatable bonds is 6. The molecule has 1 aromatic carbocycles. The van der Waals surface area contributed by atoms with Crippen molar-refractivity contribution in [1.82, 2.24) is 19.7 Å². The zero-order valence-corrected chi connectivity index (χ0v) is 16.1. The van der Waals surface area contributed by atoms with Crippen LogP contribution < -0.4 is 14.4 Å². The second kappa shape index (κ2) is 8.47. The summed E-state index contributed by atoms with van der Waals surface area (Å²) in [6.45, 7) is 1.83. The summed E-state index contributed by atoms with van der Waals surface area (Å²) in [4.78, 5) is 13.9. The Labute approximate surface area is 164 Å². The van der Waals surface area contributed by atoms with E-state index in [-0.39, 0.29) is 23.3 Å². The van der Waals surface area contributed by atoms with Crippen LogP contribution in [0.3, 0.4) is 0 Å². The molecule has 0 aliphatic carbocycles. The number of nitrogens with zero attached hydrogens (tertiary/aromatic N) is 4. The highest BCUT2D eigenvalue weighted by Crippen LogP contribution is 2.29. The predicted octanol–water partition coefficient (Wildman–Crippen LogP) is 1.21. The molecule has 3 rings (SSSR count). The summed E-state index contributed by atoms with van der Waals surface area (Å²) >= 11 is 0. The molecular formula is C16H18F3N5O4S. The first-order chi connectivity index (χ1) is 13.7. The van der Waals surface area contributed by atoms with E-state index in [2.05, 4.69) is 19.7 Å². The van der Waals surface area contributed by atoms with E-state index in [0.717, 1.165) is 12.1 Å². The van der Waals surface area contributed by atoms with Gasteiger partial charge in [-0.1, -0.05) is 0 Å². The third-order valence-corrected chi connectivity index (χ3v) is 5.46. The van der Waals surface area contributed by atoms with Gasteiger partial charge in [0.25, 0.3) is 0 Å². The lowest BCUT2D eigenvalue weighted by Crippen LogP contribution is -2.37. The van der Waals surface area contributed by atoms with E-state index in [4.69, 9.17) is 9.47 Å². The number of halogens is 3. The van der Waals surface area contributed by atoms with Crippen molar-refractivity contribution in [3.05, 3.63) is 35.7 Å². The van der Waals surface area contributed by atoms with Gasteiger partial charge >= 0.3 is 12.2 Å². The Morgan fingerprint density at radius 1 is 1.14 bits per heavy atom. The van der Waals surface area contributed by atoms with Crippen LogP contribution in [-0.4, -0.2) is 56.8 Å². The van der Waals surface area contributed by atoms with Crippen molar-refractivity contribution < 1.29 is 31.1 Å². The molecule has 29 heavy (non-hydrogen) atoms. The standard InChI is InChI=1S/C16H18F3N5O4S/c1-27-15-22-13(21-14(23-15)24-6-8-28-9-7-24)10-20-29(25,26)12-4-2-11(3-5-12)16(17,18)19/h2-5,20H,6-10H2,1H3. The SMILES string of the molecule is COc1nc(CNS(=O)(=O)c2ccc(C(F)(F)F)cc2)nc(N2CCOCC2)n1. The highest BCUT2D eigenvalue weighted by atomic mass is 32.2. The van der Waals surface area contributed by atoms with Crippen molar-refractivity contribution in [3.63, 3.8) is 0 Å². The van der Waals surface area contributed by atoms with Crippen LogP contribution in [-0.2, 0) is 27.5 Å². The van der Waals surface area contributed by atoms with Crippen LogP contribution in [0.15, 0.2) is 29.2 Å². The lowest BCUT2D eigenvalue weighted by molar-refractivity contribution is -0.137. The summed E-state index contributed by atoms with van der Waals surface area (Å²) in [5, 5.41) is 0. The van der Waals surface area contributed by atoms with Gasteiger partial charge in [0.1, 0.15) is 0 Å². The van der Waals surface area contributed by atoms with Crippen LogP contribution >= 0.6 is 0 Å². The zero-order chi connectivity index (χ0) is 21.1. The summed E-state index contributed by atoms with van der Waals surface area (Å²) in [6.07, 6.45) is -4.55. The van der Waals surface area contributed by atoms with Gasteiger partial charge in [-0.25, -0.2) is 13.1 Å². The molecule has 0 amide bonds. The van der Waals surface area contributed by atoms with Gasteiger partial charge in [0.2, 0.25) is 16.0 Å². The maximum atomic E-state index is 12.6. The Morgan fingerprint density at radius 3 is 2.38 bits per heavy atom. The maximum Gasteiger partial charge on any atom is 0.416 e. The molecule has 0 saturated carbocycles. The summed E-state index contributed by atoms with van der Waals surface area (Å²) < 4.78 is 75.3. The number of ether oxygens (including phenoxy) is 2. The maximum absolute atomic E-state index is 12.6. The van der Waals surface area contributed by atoms with Crippen molar-refractivity contribution in [1.29, 1.82) is 0 Å². The topological polar surface area (TPSA) is 107 Å². The first-order valence-corrected chi connectivity index (χ1v) is 9.96. The molecule has 0 unspecified atom stereocenters. The number of anilines is 1. The highest BCUT2D eigenvalue weighted by molar-refractivity contribution is 7.89. The number of sulfonamides is 1. The van der Waals surface area contributed by atoms with Crippen molar-refractivity contribution in [3.8, 4) is 6.01 Å². The third-order valence-electron chi connectivity index (χ3n) is 4.04. The molecule has 0 radical (unpaired) electrons. The molecule has 0 spiro atoms. The molecule has 2 aromatic rings. The van der Waals surface area contributed by atoms with Gasteiger partial charge in [0, 0.05) is 13.1 Å². The van der Waals surface area contributed by atoms with E-state index >= 15 is 0 Å². The molecule has 1 aliphatic heterocycles. The van der Waals surface area contributed by atoms with E-state index in [9.17, 15) is 21.6 Å². The van der Waals surface area contributed by atoms with Crippen molar-refractivity contribution in [2.24, 2.45) is 0 Å². The summed E-state index contributed by atoms with van der Waals surface area (Å²) in [7, 11) is -2.70. The molecule has 1 fully saturated rings. The number of morpholine rings is 1. The number of alkyl halides is 3. The average molecular weight is 433 g/mol. The van der Waals surface area contributed by atoms with Gasteiger partial charge in [-0.05, 0) is 24.3 Å². The molecule has 2 heterocycles. The van der Waals surface area contributed by atoms with Gasteiger partial charge < -0.3 is 14.4 Å². The van der Waals surface area contributed by atoms with Crippen molar-refractivity contribution in [2.45, 2.75) is 17.6 Å². The molecular weight excluding hydrogens is 415 g/mol. The van der Waals surface area contributed by atoms with Crippen LogP contribution in [0.1, 0.15) is 11.4 Å². The lowest BCUT2D eigenvalue weighted by atomic mass is 10.2. The number of hydrogen-bond acceptors (Lipinski definition) is 8. The molecule has 0 bridgehead atoms. The van der Waals surface area contributed by atoms with Crippen LogP contribution in [0.5, 0.6) is 6.01 Å². The average Bonchev–Trinajstić information content (AvgIpc) is 2.72. The van der Waals surface area contributed by atoms with Gasteiger partial charge in [-0.15, -0.1) is 0 Å². The molecule has 1 aromatic heterocycles. The monoisotopic (exact) mass is 433 g/mol. The number of benzene rings is 1. The minimum Gasteiger partial charge on any atom is -0.467 e. The second-order valence-electron chi connectivity index (χ2n) is 5.98. The molecule has 13 heteroatoms. The fraction of sp³-hybridized carbons (Fsp3) is 0.438. The fourth-order valence-electron chi connectivity index (χ4n) is 2.53. The summed E-state index contributed by atoms with van der Waals surface area (Å²) in [5.74, 6) is 0.428. The van der Waals surface area contributed by atoms with Gasteiger partial charge in [0.15, 0.2) is 5.82 Å². The molecule has 1 N–H and O–H groups in total. The lowest BCUT2D eigenvalue weighted by Gasteiger charge is -2.26. The summed E-state index contributed by atoms with van der Waals surface area (Å²) in [6, 6.07) is 3.20. The largest absolute Gasteiger partial charge is 0.467 e. The second-order valence-corrected chi connectivity index (χ2v) is 7.75. The highest BCUT2D eigenvalue weighted by Gasteiger charge is 2.30. The number of aromatic nitrogens is 3. The predicted molar refractivity (Wildman–Crippen MR) is 94.9 cm³/mol. The van der Waals surface area contributed by atoms with Crippen LogP contribution in [0.2, 0.25) is 0 Å². The van der Waals surface area contributed by atoms with Gasteiger partial charge in [-0.3, -0.25) is 0 Å². The van der Waals surface area contributed by atoms with Crippen LogP contribution in [0.4, 0.5) is 19.1 Å². The molecule has 9 nitrogen and oxygen atoms in total. The van der Waals surface area contributed by atoms with Gasteiger partial charge in [-0.2, -0.15) is 28.1 Å². The minimum absolute atomic E-state index is 0.0187. The summed E-state index contributed by atoms with van der Waals surface area (Å²) in [5.41, 5.74) is -0.936. The van der Waals surface area contributed by atoms with E-state index < -0.39 is 21.8 Å². The van der Waals surface area contributed by atoms with E-state index in [1.807, 2.05) is 4.90 Å². The Morgan fingerprint density at radius 2 is 1.79 bits per heavy atom. The zero-order valence-electron chi connectivity index (χ0n) is 15.3. The van der Waals surface area contributed by atoms with Gasteiger partial charge in [0.05, 0.1) is 37.3 Å².